The van der Waals surface area contributed by atoms with Crippen molar-refractivity contribution in [1.82, 2.24) is 5.32 Å². The Labute approximate surface area is 126 Å². The number of hydrogen-bond donors (Lipinski definition) is 2. The molecule has 2 N–H and O–H groups in total. The van der Waals surface area contributed by atoms with Crippen molar-refractivity contribution < 1.29 is 14.3 Å². The molecule has 116 valence electrons. The number of carbonyl (C=O) groups excluding carboxylic acids is 1. The Morgan fingerprint density at radius 3 is 3.05 bits per heavy atom. The van der Waals surface area contributed by atoms with E-state index < -0.39 is 0 Å². The van der Waals surface area contributed by atoms with E-state index in [1.165, 1.54) is 6.42 Å². The number of benzene rings is 1. The normalized spacial score (nSPS) is 13.5. The van der Waals surface area contributed by atoms with Crippen LogP contribution in [0.5, 0.6) is 5.75 Å². The summed E-state index contributed by atoms with van der Waals surface area (Å²) in [5, 5.41) is 6.20. The van der Waals surface area contributed by atoms with Gasteiger partial charge in [0, 0.05) is 19.8 Å². The number of ether oxygens (including phenoxy) is 2. The Morgan fingerprint density at radius 1 is 1.33 bits per heavy atom. The number of anilines is 1. The van der Waals surface area contributed by atoms with Crippen molar-refractivity contribution in [2.24, 2.45) is 0 Å². The maximum Gasteiger partial charge on any atom is 0.262 e. The van der Waals surface area contributed by atoms with Crippen molar-refractivity contribution in [3.8, 4) is 5.75 Å². The maximum atomic E-state index is 11.3. The van der Waals surface area contributed by atoms with Crippen LogP contribution in [0, 0.1) is 0 Å². The summed E-state index contributed by atoms with van der Waals surface area (Å²) in [6.07, 6.45) is 3.32. The van der Waals surface area contributed by atoms with Crippen molar-refractivity contribution in [3.05, 3.63) is 23.8 Å². The summed E-state index contributed by atoms with van der Waals surface area (Å²) in [5.74, 6) is 0.638. The molecule has 0 bridgehead atoms. The first-order valence-electron chi connectivity index (χ1n) is 7.63. The Kier molecular flexibility index (Phi) is 6.50. The summed E-state index contributed by atoms with van der Waals surface area (Å²) < 4.78 is 10.8. The third-order valence-electron chi connectivity index (χ3n) is 3.29. The number of amides is 1. The van der Waals surface area contributed by atoms with E-state index in [-0.39, 0.29) is 12.5 Å². The van der Waals surface area contributed by atoms with Crippen LogP contribution in [0.4, 0.5) is 5.69 Å². The number of fused-ring (bicyclic) bond motifs is 1. The van der Waals surface area contributed by atoms with Gasteiger partial charge in [0.15, 0.2) is 6.61 Å². The topological polar surface area (TPSA) is 59.6 Å². The number of hydrogen-bond acceptors (Lipinski definition) is 4. The zero-order chi connectivity index (χ0) is 14.9. The molecule has 1 amide bonds. The summed E-state index contributed by atoms with van der Waals surface area (Å²) in [6.45, 7) is 5.63. The predicted molar refractivity (Wildman–Crippen MR) is 82.6 cm³/mol. The average molecular weight is 292 g/mol. The van der Waals surface area contributed by atoms with Crippen LogP contribution in [0.25, 0.3) is 0 Å². The first kappa shape index (κ1) is 15.8. The lowest BCUT2D eigenvalue weighted by molar-refractivity contribution is -0.118. The number of unbranched alkanes of at least 4 members (excludes halogenated alkanes) is 1. The van der Waals surface area contributed by atoms with Gasteiger partial charge in [-0.05, 0) is 37.1 Å². The van der Waals surface area contributed by atoms with Crippen LogP contribution in [0.15, 0.2) is 18.2 Å². The molecule has 1 heterocycles. The second kappa shape index (κ2) is 8.64. The van der Waals surface area contributed by atoms with Gasteiger partial charge in [-0.1, -0.05) is 19.4 Å². The molecule has 0 fully saturated rings. The molecule has 5 nitrogen and oxygen atoms in total. The molecule has 1 aliphatic rings. The van der Waals surface area contributed by atoms with E-state index in [1.807, 2.05) is 18.2 Å². The van der Waals surface area contributed by atoms with Crippen molar-refractivity contribution in [2.45, 2.75) is 32.7 Å². The third kappa shape index (κ3) is 5.36. The smallest absolute Gasteiger partial charge is 0.262 e. The summed E-state index contributed by atoms with van der Waals surface area (Å²) in [6, 6.07) is 5.87. The molecule has 5 heteroatoms. The first-order valence-corrected chi connectivity index (χ1v) is 7.63. The van der Waals surface area contributed by atoms with E-state index in [0.717, 1.165) is 56.1 Å². The second-order valence-corrected chi connectivity index (χ2v) is 5.16. The van der Waals surface area contributed by atoms with Gasteiger partial charge in [-0.15, -0.1) is 0 Å². The molecule has 0 spiro atoms. The van der Waals surface area contributed by atoms with Crippen LogP contribution in [0.2, 0.25) is 0 Å². The molecule has 1 aliphatic heterocycles. The highest BCUT2D eigenvalue weighted by atomic mass is 16.5. The van der Waals surface area contributed by atoms with Crippen LogP contribution < -0.4 is 15.4 Å². The minimum absolute atomic E-state index is 0.0998. The summed E-state index contributed by atoms with van der Waals surface area (Å²) in [4.78, 5) is 11.3. The van der Waals surface area contributed by atoms with Crippen molar-refractivity contribution in [3.63, 3.8) is 0 Å². The average Bonchev–Trinajstić information content (AvgIpc) is 2.49. The van der Waals surface area contributed by atoms with Crippen LogP contribution in [0.3, 0.4) is 0 Å². The fourth-order valence-electron chi connectivity index (χ4n) is 2.12. The van der Waals surface area contributed by atoms with Crippen LogP contribution in [-0.2, 0) is 16.1 Å². The van der Waals surface area contributed by atoms with Gasteiger partial charge in [-0.3, -0.25) is 4.79 Å². The largest absolute Gasteiger partial charge is 0.482 e. The van der Waals surface area contributed by atoms with E-state index in [4.69, 9.17) is 9.47 Å². The van der Waals surface area contributed by atoms with Gasteiger partial charge in [-0.25, -0.2) is 0 Å². The van der Waals surface area contributed by atoms with Gasteiger partial charge in [0.1, 0.15) is 5.75 Å². The van der Waals surface area contributed by atoms with Gasteiger partial charge < -0.3 is 20.1 Å². The molecular weight excluding hydrogens is 268 g/mol. The Bertz CT molecular complexity index is 463. The highest BCUT2D eigenvalue weighted by molar-refractivity contribution is 5.95. The lowest BCUT2D eigenvalue weighted by Crippen LogP contribution is -2.25. The molecule has 0 saturated carbocycles. The number of rotatable bonds is 9. The molecule has 0 saturated heterocycles. The Balaban J connectivity index is 1.65. The zero-order valence-electron chi connectivity index (χ0n) is 12.6. The van der Waals surface area contributed by atoms with Crippen LogP contribution in [0.1, 0.15) is 31.7 Å². The fraction of sp³-hybridized carbons (Fsp3) is 0.562. The first-order chi connectivity index (χ1) is 10.3. The third-order valence-corrected chi connectivity index (χ3v) is 3.29. The number of carbonyl (C=O) groups is 1. The molecule has 1 aromatic rings. The molecule has 0 radical (unpaired) electrons. The van der Waals surface area contributed by atoms with Gasteiger partial charge in [0.05, 0.1) is 5.69 Å². The van der Waals surface area contributed by atoms with Crippen LogP contribution in [-0.4, -0.2) is 32.3 Å². The van der Waals surface area contributed by atoms with E-state index in [9.17, 15) is 4.79 Å². The molecule has 0 aliphatic carbocycles. The van der Waals surface area contributed by atoms with E-state index in [2.05, 4.69) is 17.6 Å². The molecule has 1 aromatic carbocycles. The van der Waals surface area contributed by atoms with E-state index >= 15 is 0 Å². The molecule has 0 aromatic heterocycles. The Hall–Kier alpha value is -1.59. The molecule has 2 rings (SSSR count). The lowest BCUT2D eigenvalue weighted by Gasteiger charge is -2.18. The lowest BCUT2D eigenvalue weighted by atomic mass is 10.1. The van der Waals surface area contributed by atoms with Gasteiger partial charge in [-0.2, -0.15) is 0 Å². The Morgan fingerprint density at radius 2 is 2.19 bits per heavy atom. The molecule has 0 unspecified atom stereocenters. The highest BCUT2D eigenvalue weighted by Gasteiger charge is 2.15. The summed E-state index contributed by atoms with van der Waals surface area (Å²) in [5.41, 5.74) is 1.89. The van der Waals surface area contributed by atoms with Crippen LogP contribution >= 0.6 is 0 Å². The monoisotopic (exact) mass is 292 g/mol. The molecule has 0 atom stereocenters. The molecule has 21 heavy (non-hydrogen) atoms. The minimum atomic E-state index is -0.100. The quantitative estimate of drug-likeness (QED) is 0.686. The predicted octanol–water partition coefficient (Wildman–Crippen LogP) is 2.31. The number of nitrogens with one attached hydrogen (secondary N) is 2. The maximum absolute atomic E-state index is 11.3. The van der Waals surface area contributed by atoms with E-state index in [0.29, 0.717) is 0 Å². The summed E-state index contributed by atoms with van der Waals surface area (Å²) >= 11 is 0. The fourth-order valence-corrected chi connectivity index (χ4v) is 2.12. The zero-order valence-corrected chi connectivity index (χ0v) is 12.6. The van der Waals surface area contributed by atoms with Gasteiger partial charge >= 0.3 is 0 Å². The van der Waals surface area contributed by atoms with Crippen molar-refractivity contribution in [1.29, 1.82) is 0 Å². The van der Waals surface area contributed by atoms with E-state index in [1.54, 1.807) is 0 Å². The van der Waals surface area contributed by atoms with Gasteiger partial charge in [0.25, 0.3) is 5.91 Å². The SMILES string of the molecule is CCCCOCCCNCc1ccc2c(c1)NC(=O)CO2. The van der Waals surface area contributed by atoms with Crippen molar-refractivity contribution >= 4 is 11.6 Å². The second-order valence-electron chi connectivity index (χ2n) is 5.16. The van der Waals surface area contributed by atoms with Gasteiger partial charge in [0.2, 0.25) is 0 Å². The van der Waals surface area contributed by atoms with Crippen molar-refractivity contribution in [2.75, 3.05) is 31.7 Å². The standard InChI is InChI=1S/C16H24N2O3/c1-2-3-8-20-9-4-7-17-11-13-5-6-15-14(10-13)18-16(19)12-21-15/h5-6,10,17H,2-4,7-9,11-12H2,1H3,(H,18,19). The molecular formula is C16H24N2O3. The minimum Gasteiger partial charge on any atom is -0.482 e. The highest BCUT2D eigenvalue weighted by Crippen LogP contribution is 2.28. The summed E-state index contributed by atoms with van der Waals surface area (Å²) in [7, 11) is 0.